The number of rotatable bonds is 3. The molecule has 5 heteroatoms. The van der Waals surface area contributed by atoms with Crippen LogP contribution < -0.4 is 4.90 Å². The summed E-state index contributed by atoms with van der Waals surface area (Å²) >= 11 is 0. The van der Waals surface area contributed by atoms with E-state index in [4.69, 9.17) is 9.97 Å². The molecule has 2 aromatic heterocycles. The molecule has 128 valence electrons. The third-order valence-electron chi connectivity index (χ3n) is 4.90. The number of nitrogens with zero attached hydrogens (tertiary/aromatic N) is 5. The van der Waals surface area contributed by atoms with Crippen molar-refractivity contribution in [3.63, 3.8) is 0 Å². The third-order valence-corrected chi connectivity index (χ3v) is 4.90. The van der Waals surface area contributed by atoms with Crippen LogP contribution in [0.4, 0.5) is 5.82 Å². The molecule has 0 saturated carbocycles. The highest BCUT2D eigenvalue weighted by Gasteiger charge is 2.20. The molecule has 3 heterocycles. The number of aromatic nitrogens is 3. The van der Waals surface area contributed by atoms with Gasteiger partial charge in [0, 0.05) is 44.6 Å². The molecule has 5 nitrogen and oxygen atoms in total. The molecule has 4 rings (SSSR count). The van der Waals surface area contributed by atoms with Crippen LogP contribution >= 0.6 is 0 Å². The lowest BCUT2D eigenvalue weighted by Gasteiger charge is -2.36. The van der Waals surface area contributed by atoms with Crippen LogP contribution in [0.2, 0.25) is 0 Å². The number of hydrogen-bond donors (Lipinski definition) is 0. The lowest BCUT2D eigenvalue weighted by atomic mass is 10.2. The number of piperazine rings is 1. The van der Waals surface area contributed by atoms with Gasteiger partial charge < -0.3 is 4.90 Å². The zero-order valence-electron chi connectivity index (χ0n) is 14.8. The van der Waals surface area contributed by atoms with E-state index in [1.807, 2.05) is 36.5 Å². The van der Waals surface area contributed by atoms with E-state index in [1.165, 1.54) is 5.56 Å². The predicted octanol–water partition coefficient (Wildman–Crippen LogP) is 2.96. The molecule has 1 aromatic carbocycles. The average molecular weight is 333 g/mol. The second kappa shape index (κ2) is 6.76. The molecular formula is C20H23N5. The summed E-state index contributed by atoms with van der Waals surface area (Å²) in [5.74, 6) is 1.02. The van der Waals surface area contributed by atoms with Crippen LogP contribution in [0, 0.1) is 13.8 Å². The molecule has 0 bridgehead atoms. The fourth-order valence-corrected chi connectivity index (χ4v) is 3.42. The second-order valence-electron chi connectivity index (χ2n) is 6.63. The molecule has 1 aliphatic rings. The highest BCUT2D eigenvalue weighted by molar-refractivity contribution is 5.76. The van der Waals surface area contributed by atoms with Gasteiger partial charge in [0.25, 0.3) is 0 Å². The van der Waals surface area contributed by atoms with Crippen LogP contribution in [0.5, 0.6) is 0 Å². The number of hydrogen-bond acceptors (Lipinski definition) is 5. The van der Waals surface area contributed by atoms with E-state index in [-0.39, 0.29) is 0 Å². The molecule has 0 atom stereocenters. The summed E-state index contributed by atoms with van der Waals surface area (Å²) in [5, 5.41) is 0. The molecular weight excluding hydrogens is 310 g/mol. The predicted molar refractivity (Wildman–Crippen MR) is 101 cm³/mol. The third kappa shape index (κ3) is 3.33. The number of pyridine rings is 1. The first-order chi connectivity index (χ1) is 12.2. The summed E-state index contributed by atoms with van der Waals surface area (Å²) in [6.45, 7) is 9.13. The summed E-state index contributed by atoms with van der Waals surface area (Å²) in [7, 11) is 0. The Morgan fingerprint density at radius 2 is 1.56 bits per heavy atom. The van der Waals surface area contributed by atoms with Crippen molar-refractivity contribution < 1.29 is 0 Å². The summed E-state index contributed by atoms with van der Waals surface area (Å²) in [6.07, 6.45) is 1.86. The molecule has 1 fully saturated rings. The van der Waals surface area contributed by atoms with Gasteiger partial charge in [0.2, 0.25) is 0 Å². The van der Waals surface area contributed by atoms with Crippen molar-refractivity contribution in [3.8, 4) is 0 Å². The molecule has 0 spiro atoms. The van der Waals surface area contributed by atoms with Crippen LogP contribution in [0.15, 0.2) is 42.6 Å². The first kappa shape index (κ1) is 16.0. The molecule has 0 aliphatic carbocycles. The largest absolute Gasteiger partial charge is 0.353 e. The van der Waals surface area contributed by atoms with Crippen molar-refractivity contribution in [2.45, 2.75) is 20.4 Å². The van der Waals surface area contributed by atoms with E-state index >= 15 is 0 Å². The molecule has 1 saturated heterocycles. The van der Waals surface area contributed by atoms with Gasteiger partial charge in [-0.2, -0.15) is 0 Å². The van der Waals surface area contributed by atoms with E-state index < -0.39 is 0 Å². The van der Waals surface area contributed by atoms with Gasteiger partial charge in [-0.25, -0.2) is 9.97 Å². The van der Waals surface area contributed by atoms with Crippen LogP contribution in [0.1, 0.15) is 17.0 Å². The van der Waals surface area contributed by atoms with E-state index in [1.54, 1.807) is 0 Å². The summed E-state index contributed by atoms with van der Waals surface area (Å²) < 4.78 is 0. The molecule has 0 amide bonds. The minimum Gasteiger partial charge on any atom is -0.353 e. The maximum absolute atomic E-state index is 4.86. The molecule has 1 aliphatic heterocycles. The number of aryl methyl sites for hydroxylation is 2. The van der Waals surface area contributed by atoms with Crippen molar-refractivity contribution >= 4 is 16.9 Å². The monoisotopic (exact) mass is 333 g/mol. The zero-order valence-corrected chi connectivity index (χ0v) is 14.8. The maximum Gasteiger partial charge on any atom is 0.150 e. The first-order valence-corrected chi connectivity index (χ1v) is 8.82. The van der Waals surface area contributed by atoms with Gasteiger partial charge in [-0.1, -0.05) is 18.2 Å². The zero-order chi connectivity index (χ0) is 17.2. The van der Waals surface area contributed by atoms with E-state index in [9.17, 15) is 0 Å². The summed E-state index contributed by atoms with van der Waals surface area (Å²) in [5.41, 5.74) is 5.39. The Balaban J connectivity index is 1.47. The standard InChI is InChI=1S/C20H23N5/c1-15-17(6-5-9-21-15)14-24-10-12-25(13-11-24)20-16(2)22-18-7-3-4-8-19(18)23-20/h3-9H,10-14H2,1-2H3. The van der Waals surface area contributed by atoms with Crippen molar-refractivity contribution in [2.24, 2.45) is 0 Å². The Bertz CT molecular complexity index is 884. The Morgan fingerprint density at radius 3 is 2.28 bits per heavy atom. The minimum atomic E-state index is 0.967. The molecule has 3 aromatic rings. The maximum atomic E-state index is 4.86. The molecule has 0 unspecified atom stereocenters. The average Bonchev–Trinajstić information content (AvgIpc) is 2.64. The number of para-hydroxylation sites is 2. The van der Waals surface area contributed by atoms with Gasteiger partial charge in [0.05, 0.1) is 16.7 Å². The highest BCUT2D eigenvalue weighted by Crippen LogP contribution is 2.21. The Hall–Kier alpha value is -2.53. The molecule has 25 heavy (non-hydrogen) atoms. The lowest BCUT2D eigenvalue weighted by Crippen LogP contribution is -2.46. The number of anilines is 1. The van der Waals surface area contributed by atoms with Gasteiger partial charge in [-0.05, 0) is 37.6 Å². The summed E-state index contributed by atoms with van der Waals surface area (Å²) in [4.78, 5) is 18.8. The quantitative estimate of drug-likeness (QED) is 0.737. The van der Waals surface area contributed by atoms with Crippen molar-refractivity contribution in [1.29, 1.82) is 0 Å². The van der Waals surface area contributed by atoms with Gasteiger partial charge in [-0.3, -0.25) is 9.88 Å². The van der Waals surface area contributed by atoms with Crippen LogP contribution in [-0.2, 0) is 6.54 Å². The van der Waals surface area contributed by atoms with E-state index in [2.05, 4.69) is 34.7 Å². The Labute approximate surface area is 148 Å². The number of benzene rings is 1. The van der Waals surface area contributed by atoms with E-state index in [0.29, 0.717) is 0 Å². The normalized spacial score (nSPS) is 15.7. The fraction of sp³-hybridized carbons (Fsp3) is 0.350. The Morgan fingerprint density at radius 1 is 0.840 bits per heavy atom. The van der Waals surface area contributed by atoms with Crippen molar-refractivity contribution in [1.82, 2.24) is 19.9 Å². The minimum absolute atomic E-state index is 0.967. The molecule has 0 N–H and O–H groups in total. The van der Waals surface area contributed by atoms with E-state index in [0.717, 1.165) is 61.0 Å². The number of fused-ring (bicyclic) bond motifs is 1. The summed E-state index contributed by atoms with van der Waals surface area (Å²) in [6, 6.07) is 12.3. The van der Waals surface area contributed by atoms with Gasteiger partial charge in [-0.15, -0.1) is 0 Å². The second-order valence-corrected chi connectivity index (χ2v) is 6.63. The SMILES string of the molecule is Cc1ncccc1CN1CCN(c2nc3ccccc3nc2C)CC1. The van der Waals surface area contributed by atoms with Gasteiger partial charge >= 0.3 is 0 Å². The van der Waals surface area contributed by atoms with Crippen molar-refractivity contribution in [2.75, 3.05) is 31.1 Å². The lowest BCUT2D eigenvalue weighted by molar-refractivity contribution is 0.248. The van der Waals surface area contributed by atoms with Gasteiger partial charge in [0.15, 0.2) is 5.82 Å². The Kier molecular flexibility index (Phi) is 4.32. The van der Waals surface area contributed by atoms with Crippen molar-refractivity contribution in [3.05, 3.63) is 59.5 Å². The first-order valence-electron chi connectivity index (χ1n) is 8.82. The van der Waals surface area contributed by atoms with Gasteiger partial charge in [0.1, 0.15) is 0 Å². The van der Waals surface area contributed by atoms with Crippen LogP contribution in [-0.4, -0.2) is 46.0 Å². The smallest absolute Gasteiger partial charge is 0.150 e. The molecule has 0 radical (unpaired) electrons. The van der Waals surface area contributed by atoms with Crippen LogP contribution in [0.25, 0.3) is 11.0 Å². The topological polar surface area (TPSA) is 45.2 Å². The highest BCUT2D eigenvalue weighted by atomic mass is 15.3. The fourth-order valence-electron chi connectivity index (χ4n) is 3.42. The van der Waals surface area contributed by atoms with Crippen LogP contribution in [0.3, 0.4) is 0 Å².